The van der Waals surface area contributed by atoms with E-state index in [0.29, 0.717) is 10.8 Å². The minimum absolute atomic E-state index is 0.216. The summed E-state index contributed by atoms with van der Waals surface area (Å²) >= 11 is 5.88. The van der Waals surface area contributed by atoms with Crippen molar-refractivity contribution in [2.75, 3.05) is 0 Å². The van der Waals surface area contributed by atoms with Gasteiger partial charge in [0.25, 0.3) is 0 Å². The first-order valence-electron chi connectivity index (χ1n) is 6.34. The van der Waals surface area contributed by atoms with E-state index in [4.69, 9.17) is 16.3 Å². The molecule has 0 unspecified atom stereocenters. The zero-order chi connectivity index (χ0) is 14.9. The fourth-order valence-corrected chi connectivity index (χ4v) is 2.33. The largest absolute Gasteiger partial charge is 0.426 e. The van der Waals surface area contributed by atoms with E-state index in [9.17, 15) is 4.79 Å². The molecule has 0 aliphatic rings. The van der Waals surface area contributed by atoms with Crippen molar-refractivity contribution in [1.82, 2.24) is 9.78 Å². The molecule has 0 aliphatic carbocycles. The number of halogens is 1. The van der Waals surface area contributed by atoms with E-state index in [1.807, 2.05) is 27.8 Å². The number of hydrogen-bond acceptors (Lipinski definition) is 3. The van der Waals surface area contributed by atoms with Crippen LogP contribution in [0.5, 0.6) is 5.75 Å². The van der Waals surface area contributed by atoms with Crippen LogP contribution in [0.25, 0.3) is 0 Å². The molecule has 0 amide bonds. The predicted molar refractivity (Wildman–Crippen MR) is 78.2 cm³/mol. The summed E-state index contributed by atoms with van der Waals surface area (Å²) in [6, 6.07) is 5.18. The Morgan fingerprint density at radius 2 is 2.05 bits per heavy atom. The molecule has 4 nitrogen and oxygen atoms in total. The molecule has 1 aromatic carbocycles. The Kier molecular flexibility index (Phi) is 4.14. The smallest absolute Gasteiger partial charge is 0.315 e. The topological polar surface area (TPSA) is 44.1 Å². The summed E-state index contributed by atoms with van der Waals surface area (Å²) < 4.78 is 7.16. The van der Waals surface area contributed by atoms with E-state index < -0.39 is 0 Å². The van der Waals surface area contributed by atoms with Crippen LogP contribution in [-0.2, 0) is 18.3 Å². The average molecular weight is 293 g/mol. The van der Waals surface area contributed by atoms with E-state index in [-0.39, 0.29) is 12.4 Å². The number of rotatable bonds is 3. The summed E-state index contributed by atoms with van der Waals surface area (Å²) in [6.07, 6.45) is 0.216. The second-order valence-corrected chi connectivity index (χ2v) is 5.27. The number of aromatic nitrogens is 2. The van der Waals surface area contributed by atoms with E-state index in [1.165, 1.54) is 0 Å². The van der Waals surface area contributed by atoms with Crippen molar-refractivity contribution in [2.45, 2.75) is 27.2 Å². The Morgan fingerprint density at radius 1 is 1.35 bits per heavy atom. The first-order chi connectivity index (χ1) is 9.38. The molecule has 0 radical (unpaired) electrons. The van der Waals surface area contributed by atoms with Gasteiger partial charge in [-0.2, -0.15) is 5.10 Å². The van der Waals surface area contributed by atoms with Gasteiger partial charge >= 0.3 is 5.97 Å². The molecule has 0 saturated heterocycles. The molecule has 2 aromatic rings. The third-order valence-electron chi connectivity index (χ3n) is 3.34. The third kappa shape index (κ3) is 3.02. The molecule has 0 saturated carbocycles. The SMILES string of the molecule is Cc1cc(Cl)ccc1OC(=O)Cc1c(C)nn(C)c1C. The van der Waals surface area contributed by atoms with E-state index in [0.717, 1.165) is 22.5 Å². The maximum atomic E-state index is 12.0. The van der Waals surface area contributed by atoms with Gasteiger partial charge in [0.1, 0.15) is 5.75 Å². The van der Waals surface area contributed by atoms with Crippen LogP contribution in [0.1, 0.15) is 22.5 Å². The molecule has 106 valence electrons. The van der Waals surface area contributed by atoms with Crippen molar-refractivity contribution in [3.05, 3.63) is 45.7 Å². The lowest BCUT2D eigenvalue weighted by Gasteiger charge is -2.08. The molecule has 1 aromatic heterocycles. The highest BCUT2D eigenvalue weighted by molar-refractivity contribution is 6.30. The van der Waals surface area contributed by atoms with Crippen molar-refractivity contribution in [2.24, 2.45) is 7.05 Å². The van der Waals surface area contributed by atoms with Crippen molar-refractivity contribution in [3.63, 3.8) is 0 Å². The molecule has 20 heavy (non-hydrogen) atoms. The van der Waals surface area contributed by atoms with Gasteiger partial charge in [0.15, 0.2) is 0 Å². The molecule has 0 aliphatic heterocycles. The second-order valence-electron chi connectivity index (χ2n) is 4.83. The number of benzene rings is 1. The van der Waals surface area contributed by atoms with Gasteiger partial charge in [-0.05, 0) is 44.5 Å². The van der Waals surface area contributed by atoms with Crippen LogP contribution in [0.3, 0.4) is 0 Å². The van der Waals surface area contributed by atoms with Crippen LogP contribution < -0.4 is 4.74 Å². The molecule has 0 spiro atoms. The number of carbonyl (C=O) groups excluding carboxylic acids is 1. The summed E-state index contributed by atoms with van der Waals surface area (Å²) in [6.45, 7) is 5.69. The van der Waals surface area contributed by atoms with Crippen LogP contribution >= 0.6 is 11.6 Å². The monoisotopic (exact) mass is 292 g/mol. The first kappa shape index (κ1) is 14.6. The van der Waals surface area contributed by atoms with Gasteiger partial charge in [-0.3, -0.25) is 9.48 Å². The lowest BCUT2D eigenvalue weighted by atomic mass is 10.1. The lowest BCUT2D eigenvalue weighted by Crippen LogP contribution is -2.13. The molecule has 2 rings (SSSR count). The Balaban J connectivity index is 2.13. The Labute approximate surface area is 123 Å². The van der Waals surface area contributed by atoms with E-state index in [2.05, 4.69) is 5.10 Å². The van der Waals surface area contributed by atoms with Crippen molar-refractivity contribution < 1.29 is 9.53 Å². The number of aryl methyl sites for hydroxylation is 3. The highest BCUT2D eigenvalue weighted by atomic mass is 35.5. The highest BCUT2D eigenvalue weighted by Crippen LogP contribution is 2.22. The van der Waals surface area contributed by atoms with Crippen LogP contribution in [0, 0.1) is 20.8 Å². The molecular formula is C15H17ClN2O2. The molecule has 1 heterocycles. The van der Waals surface area contributed by atoms with Crippen molar-refractivity contribution in [1.29, 1.82) is 0 Å². The number of nitrogens with zero attached hydrogens (tertiary/aromatic N) is 2. The van der Waals surface area contributed by atoms with Crippen LogP contribution in [0.15, 0.2) is 18.2 Å². The minimum atomic E-state index is -0.297. The van der Waals surface area contributed by atoms with E-state index in [1.54, 1.807) is 22.9 Å². The number of esters is 1. The number of hydrogen-bond donors (Lipinski definition) is 0. The molecular weight excluding hydrogens is 276 g/mol. The standard InChI is InChI=1S/C15H17ClN2O2/c1-9-7-12(16)5-6-14(9)20-15(19)8-13-10(2)17-18(4)11(13)3/h5-7H,8H2,1-4H3. The van der Waals surface area contributed by atoms with Crippen LogP contribution in [0.2, 0.25) is 5.02 Å². The van der Waals surface area contributed by atoms with Gasteiger partial charge in [-0.15, -0.1) is 0 Å². The Bertz CT molecular complexity index is 662. The van der Waals surface area contributed by atoms with Gasteiger partial charge in [-0.1, -0.05) is 11.6 Å². The third-order valence-corrected chi connectivity index (χ3v) is 3.58. The summed E-state index contributed by atoms with van der Waals surface area (Å²) in [7, 11) is 1.86. The Hall–Kier alpha value is -1.81. The zero-order valence-corrected chi connectivity index (χ0v) is 12.8. The van der Waals surface area contributed by atoms with Gasteiger partial charge in [0.05, 0.1) is 12.1 Å². The highest BCUT2D eigenvalue weighted by Gasteiger charge is 2.15. The number of ether oxygens (including phenoxy) is 1. The quantitative estimate of drug-likeness (QED) is 0.645. The molecule has 5 heteroatoms. The predicted octanol–water partition coefficient (Wildman–Crippen LogP) is 3.15. The van der Waals surface area contributed by atoms with Crippen molar-refractivity contribution >= 4 is 17.6 Å². The van der Waals surface area contributed by atoms with E-state index >= 15 is 0 Å². The molecule has 0 fully saturated rings. The molecule has 0 bridgehead atoms. The maximum absolute atomic E-state index is 12.0. The normalized spacial score (nSPS) is 10.7. The fourth-order valence-electron chi connectivity index (χ4n) is 2.10. The lowest BCUT2D eigenvalue weighted by molar-refractivity contribution is -0.133. The maximum Gasteiger partial charge on any atom is 0.315 e. The van der Waals surface area contributed by atoms with Crippen LogP contribution in [-0.4, -0.2) is 15.7 Å². The minimum Gasteiger partial charge on any atom is -0.426 e. The summed E-state index contributed by atoms with van der Waals surface area (Å²) in [4.78, 5) is 12.0. The van der Waals surface area contributed by atoms with Gasteiger partial charge in [0, 0.05) is 23.3 Å². The van der Waals surface area contributed by atoms with Gasteiger partial charge in [0.2, 0.25) is 0 Å². The molecule has 0 N–H and O–H groups in total. The summed E-state index contributed by atoms with van der Waals surface area (Å²) in [5.41, 5.74) is 3.59. The summed E-state index contributed by atoms with van der Waals surface area (Å²) in [5, 5.41) is 4.92. The van der Waals surface area contributed by atoms with Gasteiger partial charge in [-0.25, -0.2) is 0 Å². The molecule has 0 atom stereocenters. The Morgan fingerprint density at radius 3 is 2.60 bits per heavy atom. The average Bonchev–Trinajstić information content (AvgIpc) is 2.60. The summed E-state index contributed by atoms with van der Waals surface area (Å²) in [5.74, 6) is 0.244. The van der Waals surface area contributed by atoms with Crippen LogP contribution in [0.4, 0.5) is 0 Å². The zero-order valence-electron chi connectivity index (χ0n) is 12.0. The first-order valence-corrected chi connectivity index (χ1v) is 6.72. The number of carbonyl (C=O) groups is 1. The fraction of sp³-hybridized carbons (Fsp3) is 0.333. The second kappa shape index (κ2) is 5.67. The van der Waals surface area contributed by atoms with Crippen molar-refractivity contribution in [3.8, 4) is 5.75 Å². The van der Waals surface area contributed by atoms with Gasteiger partial charge < -0.3 is 4.74 Å².